The number of aromatic nitrogens is 2. The molecule has 0 aliphatic heterocycles. The first-order valence-electron chi connectivity index (χ1n) is 6.61. The van der Waals surface area contributed by atoms with Gasteiger partial charge in [-0.15, -0.1) is 11.6 Å². The molecule has 1 unspecified atom stereocenters. The van der Waals surface area contributed by atoms with E-state index >= 15 is 0 Å². The number of alkyl halides is 1. The number of nitrogens with one attached hydrogen (secondary N) is 2. The van der Waals surface area contributed by atoms with Crippen LogP contribution in [0, 0.1) is 16.7 Å². The molecule has 102 valence electrons. The Hall–Kier alpha value is -1.22. The van der Waals surface area contributed by atoms with Gasteiger partial charge in [0.2, 0.25) is 0 Å². The van der Waals surface area contributed by atoms with Gasteiger partial charge in [-0.3, -0.25) is 0 Å². The first-order valence-corrected chi connectivity index (χ1v) is 7.05. The first kappa shape index (κ1) is 12.8. The summed E-state index contributed by atoms with van der Waals surface area (Å²) in [6.45, 7) is 9.07. The van der Waals surface area contributed by atoms with Gasteiger partial charge in [-0.1, -0.05) is 33.8 Å². The topological polar surface area (TPSA) is 48.6 Å². The normalized spacial score (nSPS) is 22.6. The highest BCUT2D eigenvalue weighted by Gasteiger charge is 2.67. The minimum absolute atomic E-state index is 0.0206. The molecule has 1 aliphatic rings. The number of hydrogen-bond acceptors (Lipinski definition) is 1. The zero-order valence-electron chi connectivity index (χ0n) is 11.7. The molecule has 2 N–H and O–H groups in total. The molecular formula is C15H19ClN2O. The number of benzene rings is 1. The molecule has 0 spiro atoms. The first-order chi connectivity index (χ1) is 8.75. The zero-order chi connectivity index (χ0) is 14.0. The van der Waals surface area contributed by atoms with Crippen LogP contribution in [0.3, 0.4) is 0 Å². The van der Waals surface area contributed by atoms with Gasteiger partial charge in [0.15, 0.2) is 0 Å². The molecule has 0 saturated heterocycles. The van der Waals surface area contributed by atoms with Crippen molar-refractivity contribution < 1.29 is 0 Å². The molecule has 3 nitrogen and oxygen atoms in total. The molecule has 4 heteroatoms. The van der Waals surface area contributed by atoms with Gasteiger partial charge < -0.3 is 9.97 Å². The van der Waals surface area contributed by atoms with Crippen LogP contribution >= 0.6 is 11.6 Å². The van der Waals surface area contributed by atoms with Crippen molar-refractivity contribution >= 4 is 22.6 Å². The average Bonchev–Trinajstić information content (AvgIpc) is 2.58. The van der Waals surface area contributed by atoms with E-state index in [0.717, 1.165) is 16.6 Å². The van der Waals surface area contributed by atoms with Gasteiger partial charge in [0.25, 0.3) is 0 Å². The fourth-order valence-corrected chi connectivity index (χ4v) is 4.16. The van der Waals surface area contributed by atoms with Gasteiger partial charge in [0.1, 0.15) is 0 Å². The Bertz CT molecular complexity index is 681. The Morgan fingerprint density at radius 1 is 1.11 bits per heavy atom. The summed E-state index contributed by atoms with van der Waals surface area (Å²) in [6, 6.07) is 5.91. The molecule has 2 aromatic rings. The van der Waals surface area contributed by atoms with Crippen LogP contribution in [0.4, 0.5) is 0 Å². The van der Waals surface area contributed by atoms with Crippen LogP contribution in [0.1, 0.15) is 38.6 Å². The molecule has 0 amide bonds. The van der Waals surface area contributed by atoms with Crippen molar-refractivity contribution in [3.8, 4) is 0 Å². The highest BCUT2D eigenvalue weighted by Crippen LogP contribution is 2.73. The molecule has 1 heterocycles. The highest BCUT2D eigenvalue weighted by atomic mass is 35.5. The summed E-state index contributed by atoms with van der Waals surface area (Å²) in [5, 5.41) is -0.0206. The number of fused-ring (bicyclic) bond motifs is 1. The maximum Gasteiger partial charge on any atom is 0.323 e. The van der Waals surface area contributed by atoms with E-state index in [1.807, 2.05) is 18.2 Å². The third-order valence-corrected chi connectivity index (χ3v) is 5.79. The standard InChI is InChI=1S/C15H19ClN2O/c1-14(2)12(15(14,3)4)11(16)8-5-6-9-10(7-8)18-13(19)17-9/h5-7,11-12H,1-4H3,(H2,17,18,19). The molecular weight excluding hydrogens is 260 g/mol. The number of aromatic amines is 2. The van der Waals surface area contributed by atoms with E-state index in [4.69, 9.17) is 11.6 Å². The molecule has 1 atom stereocenters. The molecule has 1 aliphatic carbocycles. The van der Waals surface area contributed by atoms with Crippen molar-refractivity contribution in [2.45, 2.75) is 33.1 Å². The van der Waals surface area contributed by atoms with Crippen molar-refractivity contribution in [3.05, 3.63) is 34.2 Å². The molecule has 19 heavy (non-hydrogen) atoms. The van der Waals surface area contributed by atoms with Gasteiger partial charge in [0.05, 0.1) is 16.4 Å². The van der Waals surface area contributed by atoms with E-state index < -0.39 is 0 Å². The van der Waals surface area contributed by atoms with Gasteiger partial charge >= 0.3 is 5.69 Å². The van der Waals surface area contributed by atoms with E-state index in [9.17, 15) is 4.79 Å². The van der Waals surface area contributed by atoms with Crippen LogP contribution in [0.25, 0.3) is 11.0 Å². The summed E-state index contributed by atoms with van der Waals surface area (Å²) < 4.78 is 0. The average molecular weight is 279 g/mol. The molecule has 1 aromatic carbocycles. The maximum absolute atomic E-state index is 11.3. The van der Waals surface area contributed by atoms with Gasteiger partial charge in [-0.2, -0.15) is 0 Å². The summed E-state index contributed by atoms with van der Waals surface area (Å²) in [7, 11) is 0. The van der Waals surface area contributed by atoms with E-state index in [-0.39, 0.29) is 21.9 Å². The lowest BCUT2D eigenvalue weighted by Gasteiger charge is -2.12. The second-order valence-corrected chi connectivity index (χ2v) is 7.18. The van der Waals surface area contributed by atoms with Crippen LogP contribution < -0.4 is 5.69 Å². The van der Waals surface area contributed by atoms with Crippen molar-refractivity contribution in [1.82, 2.24) is 9.97 Å². The lowest BCUT2D eigenvalue weighted by atomic mass is 10.0. The van der Waals surface area contributed by atoms with Crippen molar-refractivity contribution in [1.29, 1.82) is 0 Å². The smallest absolute Gasteiger partial charge is 0.306 e. The predicted molar refractivity (Wildman–Crippen MR) is 78.6 cm³/mol. The second kappa shape index (κ2) is 3.66. The number of halogens is 1. The number of imidazole rings is 1. The quantitative estimate of drug-likeness (QED) is 0.806. The van der Waals surface area contributed by atoms with E-state index in [1.54, 1.807) is 0 Å². The van der Waals surface area contributed by atoms with E-state index in [1.165, 1.54) is 0 Å². The summed E-state index contributed by atoms with van der Waals surface area (Å²) in [4.78, 5) is 16.8. The van der Waals surface area contributed by atoms with Crippen molar-refractivity contribution in [2.24, 2.45) is 16.7 Å². The number of hydrogen-bond donors (Lipinski definition) is 2. The fourth-order valence-electron chi connectivity index (χ4n) is 3.39. The minimum Gasteiger partial charge on any atom is -0.306 e. The molecule has 1 fully saturated rings. The van der Waals surface area contributed by atoms with Gasteiger partial charge in [-0.25, -0.2) is 4.79 Å². The molecule has 0 bridgehead atoms. The summed E-state index contributed by atoms with van der Waals surface area (Å²) >= 11 is 6.68. The largest absolute Gasteiger partial charge is 0.323 e. The van der Waals surface area contributed by atoms with Crippen LogP contribution in [-0.2, 0) is 0 Å². The van der Waals surface area contributed by atoms with E-state index in [2.05, 4.69) is 37.7 Å². The lowest BCUT2D eigenvalue weighted by Crippen LogP contribution is -2.00. The third kappa shape index (κ3) is 1.68. The molecule has 0 radical (unpaired) electrons. The van der Waals surface area contributed by atoms with Crippen LogP contribution in [0.2, 0.25) is 0 Å². The van der Waals surface area contributed by atoms with Crippen LogP contribution in [0.15, 0.2) is 23.0 Å². The van der Waals surface area contributed by atoms with Crippen LogP contribution in [-0.4, -0.2) is 9.97 Å². The number of H-pyrrole nitrogens is 2. The number of rotatable bonds is 2. The zero-order valence-corrected chi connectivity index (χ0v) is 12.4. The Balaban J connectivity index is 1.99. The predicted octanol–water partition coefficient (Wildman–Crippen LogP) is 3.82. The molecule has 1 saturated carbocycles. The maximum atomic E-state index is 11.3. The Morgan fingerprint density at radius 2 is 1.68 bits per heavy atom. The fraction of sp³-hybridized carbons (Fsp3) is 0.533. The van der Waals surface area contributed by atoms with Crippen LogP contribution in [0.5, 0.6) is 0 Å². The lowest BCUT2D eigenvalue weighted by molar-refractivity contribution is 0.457. The Kier molecular flexibility index (Phi) is 2.47. The van der Waals surface area contributed by atoms with Crippen molar-refractivity contribution in [3.63, 3.8) is 0 Å². The summed E-state index contributed by atoms with van der Waals surface area (Å²) in [6.07, 6.45) is 0. The summed E-state index contributed by atoms with van der Waals surface area (Å²) in [5.41, 5.74) is 3.05. The minimum atomic E-state index is -0.176. The Morgan fingerprint density at radius 3 is 2.26 bits per heavy atom. The molecule has 3 rings (SSSR count). The molecule has 1 aromatic heterocycles. The highest BCUT2D eigenvalue weighted by molar-refractivity contribution is 6.21. The summed E-state index contributed by atoms with van der Waals surface area (Å²) in [5.74, 6) is 0.449. The van der Waals surface area contributed by atoms with Crippen molar-refractivity contribution in [2.75, 3.05) is 0 Å². The Labute approximate surface area is 117 Å². The van der Waals surface area contributed by atoms with Gasteiger partial charge in [-0.05, 0) is 34.4 Å². The van der Waals surface area contributed by atoms with E-state index in [0.29, 0.717) is 5.92 Å². The monoisotopic (exact) mass is 278 g/mol. The third-order valence-electron chi connectivity index (χ3n) is 5.28. The second-order valence-electron chi connectivity index (χ2n) is 6.71. The van der Waals surface area contributed by atoms with Gasteiger partial charge in [0, 0.05) is 0 Å². The SMILES string of the molecule is CC1(C)C(C(Cl)c2ccc3[nH]c(=O)[nH]c3c2)C1(C)C.